The number of thiophene rings is 1. The van der Waals surface area contributed by atoms with E-state index in [2.05, 4.69) is 73.6 Å². The lowest BCUT2D eigenvalue weighted by molar-refractivity contribution is -0.0359. The molecule has 2 atom stereocenters. The third kappa shape index (κ3) is 12.9. The van der Waals surface area contributed by atoms with E-state index in [1.807, 2.05) is 45.0 Å². The summed E-state index contributed by atoms with van der Waals surface area (Å²) in [7, 11) is -1.14. The summed E-state index contributed by atoms with van der Waals surface area (Å²) in [5, 5.41) is 4.27. The molecule has 1 aromatic heterocycles. The quantitative estimate of drug-likeness (QED) is 0.0608. The van der Waals surface area contributed by atoms with E-state index in [-0.39, 0.29) is 24.9 Å². The van der Waals surface area contributed by atoms with Crippen molar-refractivity contribution in [2.24, 2.45) is 0 Å². The second kappa shape index (κ2) is 18.4. The van der Waals surface area contributed by atoms with Crippen molar-refractivity contribution >= 4 is 36.3 Å². The third-order valence-corrected chi connectivity index (χ3v) is 11.2. The van der Waals surface area contributed by atoms with Crippen LogP contribution in [0.4, 0.5) is 4.79 Å². The SMILES string of the molecule is CC(C)(C)OC(=O)N1CCC(c2ccc(OCCCOCc3cccs3)cc2)C(OCc2ccc3ccc(OCOCC[Si](C)(C)C)cc3c2)C1. The van der Waals surface area contributed by atoms with E-state index in [0.29, 0.717) is 39.5 Å². The summed E-state index contributed by atoms with van der Waals surface area (Å²) in [6.07, 6.45) is 1.07. The summed E-state index contributed by atoms with van der Waals surface area (Å²) in [6, 6.07) is 26.0. The van der Waals surface area contributed by atoms with Crippen LogP contribution in [0.5, 0.6) is 11.5 Å². The van der Waals surface area contributed by atoms with Gasteiger partial charge >= 0.3 is 6.09 Å². The number of nitrogens with zero attached hydrogens (tertiary/aromatic N) is 1. The number of rotatable bonds is 17. The zero-order valence-electron chi connectivity index (χ0n) is 31.2. The van der Waals surface area contributed by atoms with Gasteiger partial charge in [-0.15, -0.1) is 11.3 Å². The van der Waals surface area contributed by atoms with E-state index in [9.17, 15) is 4.79 Å². The molecule has 3 aromatic carbocycles. The van der Waals surface area contributed by atoms with Gasteiger partial charge in [0.15, 0.2) is 6.79 Å². The summed E-state index contributed by atoms with van der Waals surface area (Å²) < 4.78 is 35.8. The molecule has 51 heavy (non-hydrogen) atoms. The maximum absolute atomic E-state index is 13.1. The van der Waals surface area contributed by atoms with Crippen molar-refractivity contribution in [3.05, 3.63) is 94.2 Å². The van der Waals surface area contributed by atoms with Crippen LogP contribution in [0, 0.1) is 0 Å². The van der Waals surface area contributed by atoms with Gasteiger partial charge in [0.25, 0.3) is 0 Å². The summed E-state index contributed by atoms with van der Waals surface area (Å²) in [4.78, 5) is 16.1. The third-order valence-electron chi connectivity index (χ3n) is 8.69. The Kier molecular flexibility index (Phi) is 14.0. The van der Waals surface area contributed by atoms with Crippen LogP contribution in [-0.2, 0) is 32.2 Å². The van der Waals surface area contributed by atoms with Crippen LogP contribution in [0.2, 0.25) is 25.7 Å². The fourth-order valence-corrected chi connectivity index (χ4v) is 7.29. The van der Waals surface area contributed by atoms with E-state index in [1.165, 1.54) is 10.4 Å². The van der Waals surface area contributed by atoms with Crippen LogP contribution in [0.1, 0.15) is 55.5 Å². The minimum absolute atomic E-state index is 0.116. The number of carbonyl (C=O) groups excluding carboxylic acids is 1. The number of fused-ring (bicyclic) bond motifs is 1. The molecule has 10 heteroatoms. The maximum Gasteiger partial charge on any atom is 0.410 e. The monoisotopic (exact) mass is 733 g/mol. The van der Waals surface area contributed by atoms with Gasteiger partial charge in [0, 0.05) is 38.4 Å². The smallest absolute Gasteiger partial charge is 0.410 e. The fraction of sp³-hybridized carbons (Fsp3) is 0.488. The van der Waals surface area contributed by atoms with Crippen molar-refractivity contribution < 1.29 is 33.2 Å². The van der Waals surface area contributed by atoms with Gasteiger partial charge in [-0.25, -0.2) is 4.79 Å². The highest BCUT2D eigenvalue weighted by Crippen LogP contribution is 2.33. The summed E-state index contributed by atoms with van der Waals surface area (Å²) in [5.41, 5.74) is 1.66. The normalized spacial score (nSPS) is 16.7. The van der Waals surface area contributed by atoms with Crippen molar-refractivity contribution in [2.45, 2.75) is 90.1 Å². The van der Waals surface area contributed by atoms with Crippen molar-refractivity contribution in [1.29, 1.82) is 0 Å². The highest BCUT2D eigenvalue weighted by molar-refractivity contribution is 7.09. The van der Waals surface area contributed by atoms with E-state index in [0.717, 1.165) is 53.3 Å². The standard InChI is InChI=1S/C41H55NO7SSi/c1-41(2,3)49-40(43)42-19-18-38(33-13-15-35(16-14-33)46-21-8-20-44-29-37-9-7-23-50-37)39(27-42)47-28-31-10-11-32-12-17-36(26-34(32)25-31)48-30-45-22-24-51(4,5)6/h7,9-17,23,25-26,38-39H,8,18-22,24,27-30H2,1-6H3. The molecular formula is C41H55NO7SSi. The highest BCUT2D eigenvalue weighted by Gasteiger charge is 2.35. The Morgan fingerprint density at radius 2 is 1.65 bits per heavy atom. The van der Waals surface area contributed by atoms with Gasteiger partial charge in [0.2, 0.25) is 0 Å². The molecule has 0 aliphatic carbocycles. The topological polar surface area (TPSA) is 75.7 Å². The minimum Gasteiger partial charge on any atom is -0.494 e. The van der Waals surface area contributed by atoms with Crippen LogP contribution in [0.3, 0.4) is 0 Å². The largest absolute Gasteiger partial charge is 0.494 e. The molecule has 1 aliphatic heterocycles. The fourth-order valence-electron chi connectivity index (χ4n) is 5.89. The molecule has 1 saturated heterocycles. The number of amides is 1. The number of benzene rings is 3. The van der Waals surface area contributed by atoms with Crippen LogP contribution >= 0.6 is 11.3 Å². The molecule has 1 aliphatic rings. The van der Waals surface area contributed by atoms with Crippen molar-refractivity contribution in [3.8, 4) is 11.5 Å². The average Bonchev–Trinajstić information content (AvgIpc) is 3.61. The number of likely N-dealkylation sites (tertiary alicyclic amines) is 1. The Balaban J connectivity index is 1.19. The Bertz CT molecular complexity index is 1650. The number of piperidine rings is 1. The molecule has 276 valence electrons. The van der Waals surface area contributed by atoms with Gasteiger partial charge in [0.05, 0.1) is 39.1 Å². The lowest BCUT2D eigenvalue weighted by Gasteiger charge is -2.39. The van der Waals surface area contributed by atoms with Gasteiger partial charge in [-0.2, -0.15) is 0 Å². The summed E-state index contributed by atoms with van der Waals surface area (Å²) >= 11 is 1.71. The zero-order chi connectivity index (χ0) is 36.3. The van der Waals surface area contributed by atoms with Gasteiger partial charge in [-0.1, -0.05) is 56.0 Å². The predicted molar refractivity (Wildman–Crippen MR) is 208 cm³/mol. The van der Waals surface area contributed by atoms with E-state index >= 15 is 0 Å². The molecule has 5 rings (SSSR count). The molecule has 0 N–H and O–H groups in total. The second-order valence-corrected chi connectivity index (χ2v) is 22.1. The zero-order valence-corrected chi connectivity index (χ0v) is 33.0. The van der Waals surface area contributed by atoms with Crippen LogP contribution in [-0.4, -0.2) is 70.5 Å². The Labute approximate surface area is 309 Å². The lowest BCUT2D eigenvalue weighted by atomic mass is 9.87. The molecule has 1 amide bonds. The first kappa shape index (κ1) is 38.8. The molecule has 0 saturated carbocycles. The van der Waals surface area contributed by atoms with Gasteiger partial charge in [0.1, 0.15) is 17.1 Å². The highest BCUT2D eigenvalue weighted by atomic mass is 32.1. The van der Waals surface area contributed by atoms with Crippen molar-refractivity contribution in [3.63, 3.8) is 0 Å². The lowest BCUT2D eigenvalue weighted by Crippen LogP contribution is -2.48. The molecule has 2 unspecified atom stereocenters. The maximum atomic E-state index is 13.1. The van der Waals surface area contributed by atoms with Crippen LogP contribution in [0.15, 0.2) is 78.2 Å². The predicted octanol–water partition coefficient (Wildman–Crippen LogP) is 9.89. The van der Waals surface area contributed by atoms with Crippen LogP contribution < -0.4 is 9.47 Å². The Morgan fingerprint density at radius 1 is 0.863 bits per heavy atom. The average molecular weight is 734 g/mol. The molecule has 4 aromatic rings. The molecule has 1 fully saturated rings. The molecule has 0 radical (unpaired) electrons. The first-order valence-corrected chi connectivity index (χ1v) is 22.7. The molecule has 8 nitrogen and oxygen atoms in total. The number of hydrogen-bond acceptors (Lipinski definition) is 8. The summed E-state index contributed by atoms with van der Waals surface area (Å²) in [5.74, 6) is 1.73. The number of carbonyl (C=O) groups is 1. The Hall–Kier alpha value is -3.41. The summed E-state index contributed by atoms with van der Waals surface area (Å²) in [6.45, 7) is 17.0. The van der Waals surface area contributed by atoms with E-state index in [1.54, 1.807) is 16.2 Å². The van der Waals surface area contributed by atoms with E-state index < -0.39 is 13.7 Å². The van der Waals surface area contributed by atoms with Gasteiger partial charge in [-0.3, -0.25) is 0 Å². The second-order valence-electron chi connectivity index (χ2n) is 15.4. The molecule has 0 bridgehead atoms. The van der Waals surface area contributed by atoms with E-state index in [4.69, 9.17) is 28.4 Å². The Morgan fingerprint density at radius 3 is 2.39 bits per heavy atom. The molecular weight excluding hydrogens is 679 g/mol. The molecule has 2 heterocycles. The van der Waals surface area contributed by atoms with Crippen molar-refractivity contribution in [2.75, 3.05) is 39.7 Å². The number of ether oxygens (including phenoxy) is 6. The van der Waals surface area contributed by atoms with Crippen molar-refractivity contribution in [1.82, 2.24) is 4.90 Å². The van der Waals surface area contributed by atoms with Gasteiger partial charge < -0.3 is 33.3 Å². The first-order valence-electron chi connectivity index (χ1n) is 18.1. The van der Waals surface area contributed by atoms with Crippen LogP contribution in [0.25, 0.3) is 10.8 Å². The molecule has 0 spiro atoms. The van der Waals surface area contributed by atoms with Gasteiger partial charge in [-0.05, 0) is 96.9 Å². The number of hydrogen-bond donors (Lipinski definition) is 0. The first-order chi connectivity index (χ1) is 24.4. The minimum atomic E-state index is -1.14.